The molecule has 1 fully saturated rings. The number of piperidine rings is 1. The second kappa shape index (κ2) is 9.05. The van der Waals surface area contributed by atoms with Crippen LogP contribution >= 0.6 is 11.3 Å². The highest BCUT2D eigenvalue weighted by atomic mass is 32.1. The van der Waals surface area contributed by atoms with Gasteiger partial charge in [-0.05, 0) is 36.2 Å². The number of nitrogens with one attached hydrogen (secondary N) is 1. The van der Waals surface area contributed by atoms with Crippen molar-refractivity contribution in [1.82, 2.24) is 14.9 Å². The average molecular weight is 463 g/mol. The molecule has 170 valence electrons. The monoisotopic (exact) mass is 462 g/mol. The molecule has 2 aromatic heterocycles. The third-order valence-corrected chi connectivity index (χ3v) is 6.58. The van der Waals surface area contributed by atoms with Gasteiger partial charge in [0.15, 0.2) is 10.8 Å². The zero-order valence-electron chi connectivity index (χ0n) is 17.5. The molecule has 0 radical (unpaired) electrons. The quantitative estimate of drug-likeness (QED) is 0.539. The van der Waals surface area contributed by atoms with Crippen molar-refractivity contribution >= 4 is 32.7 Å². The first kappa shape index (κ1) is 22.5. The molecule has 1 aliphatic rings. The molecule has 1 saturated heterocycles. The fraction of sp³-hybridized carbons (Fsp3) is 0.409. The molecule has 32 heavy (non-hydrogen) atoms. The number of aromatic nitrogens is 2. The summed E-state index contributed by atoms with van der Waals surface area (Å²) < 4.78 is 29.7. The number of thiazole rings is 1. The van der Waals surface area contributed by atoms with Crippen LogP contribution in [0, 0.1) is 12.7 Å². The van der Waals surface area contributed by atoms with E-state index in [4.69, 9.17) is 5.11 Å². The summed E-state index contributed by atoms with van der Waals surface area (Å²) in [5, 5.41) is 21.7. The van der Waals surface area contributed by atoms with Crippen LogP contribution in [0.5, 0.6) is 0 Å². The summed E-state index contributed by atoms with van der Waals surface area (Å²) in [5.41, 5.74) is 0.693. The number of urea groups is 1. The predicted octanol–water partition coefficient (Wildman–Crippen LogP) is 3.53. The van der Waals surface area contributed by atoms with Crippen LogP contribution in [0.15, 0.2) is 30.5 Å². The van der Waals surface area contributed by atoms with Crippen LogP contribution in [-0.2, 0) is 12.1 Å². The summed E-state index contributed by atoms with van der Waals surface area (Å²) in [6.45, 7) is 1.86. The number of carbonyl (C=O) groups excluding carboxylic acids is 1. The Hall–Kier alpha value is -2.69. The molecular weight excluding hydrogens is 438 g/mol. The summed E-state index contributed by atoms with van der Waals surface area (Å²) >= 11 is 1.18. The van der Waals surface area contributed by atoms with Crippen molar-refractivity contribution in [2.45, 2.75) is 38.0 Å². The van der Waals surface area contributed by atoms with Crippen LogP contribution in [0.2, 0.25) is 0 Å². The Labute approximate surface area is 187 Å². The van der Waals surface area contributed by atoms with Gasteiger partial charge in [-0.25, -0.2) is 18.6 Å². The minimum atomic E-state index is -1.65. The van der Waals surface area contributed by atoms with Crippen molar-refractivity contribution in [2.24, 2.45) is 0 Å². The van der Waals surface area contributed by atoms with Crippen molar-refractivity contribution in [3.63, 3.8) is 0 Å². The van der Waals surface area contributed by atoms with Gasteiger partial charge in [0.25, 0.3) is 0 Å². The maximum Gasteiger partial charge on any atom is 0.323 e. The van der Waals surface area contributed by atoms with Crippen molar-refractivity contribution in [3.05, 3.63) is 53.1 Å². The molecule has 3 N–H and O–H groups in total. The molecular formula is C22H24F2N4O3S. The van der Waals surface area contributed by atoms with E-state index < -0.39 is 11.8 Å². The number of rotatable bonds is 5. The highest BCUT2D eigenvalue weighted by Gasteiger charge is 2.40. The first-order valence-corrected chi connectivity index (χ1v) is 11.1. The minimum Gasteiger partial charge on any atom is -0.394 e. The maximum absolute atomic E-state index is 15.7. The predicted molar refractivity (Wildman–Crippen MR) is 118 cm³/mol. The number of nitrogens with zero attached hydrogens (tertiary/aromatic N) is 3. The number of aryl methyl sites for hydroxylation is 1. The Morgan fingerprint density at radius 2 is 2.09 bits per heavy atom. The molecule has 3 aromatic rings. The summed E-state index contributed by atoms with van der Waals surface area (Å²) in [6.07, 6.45) is 1.11. The van der Waals surface area contributed by atoms with Gasteiger partial charge in [-0.1, -0.05) is 17.4 Å². The van der Waals surface area contributed by atoms with Gasteiger partial charge in [-0.2, -0.15) is 0 Å². The van der Waals surface area contributed by atoms with E-state index >= 15 is 4.39 Å². The normalized spacial score (nSPS) is 16.8. The van der Waals surface area contributed by atoms with E-state index in [1.807, 2.05) is 0 Å². The Morgan fingerprint density at radius 3 is 2.78 bits per heavy atom. The number of hydrogen-bond acceptors (Lipinski definition) is 6. The second-order valence-corrected chi connectivity index (χ2v) is 9.09. The largest absolute Gasteiger partial charge is 0.394 e. The van der Waals surface area contributed by atoms with E-state index in [1.165, 1.54) is 34.6 Å². The number of hydrogen-bond donors (Lipinski definition) is 3. The Morgan fingerprint density at radius 1 is 1.34 bits per heavy atom. The zero-order chi connectivity index (χ0) is 22.9. The molecule has 4 rings (SSSR count). The average Bonchev–Trinajstić information content (AvgIpc) is 3.15. The fourth-order valence-corrected chi connectivity index (χ4v) is 4.85. The third kappa shape index (κ3) is 4.72. The number of halogens is 2. The lowest BCUT2D eigenvalue weighted by molar-refractivity contribution is 0.0676. The van der Waals surface area contributed by atoms with Crippen molar-refractivity contribution < 1.29 is 23.8 Å². The Kier molecular flexibility index (Phi) is 6.36. The molecule has 1 atom stereocenters. The molecule has 3 heterocycles. The van der Waals surface area contributed by atoms with Gasteiger partial charge >= 0.3 is 6.03 Å². The standard InChI is InChI=1S/C22H24F2N4O3S/c1-13-8-14(9-16(30)12-29)11-25-19(13)22(24)4-6-28(7-5-22)21(31)27-20-26-17-3-2-15(23)10-18(17)32-20/h2-3,8,10-11,16,29-30H,4-7,9,12H2,1H3,(H,26,27,31). The molecule has 1 aromatic carbocycles. The molecule has 0 saturated carbocycles. The van der Waals surface area contributed by atoms with Crippen molar-refractivity contribution in [1.29, 1.82) is 0 Å². The molecule has 0 bridgehead atoms. The number of aliphatic hydroxyl groups is 2. The van der Waals surface area contributed by atoms with Gasteiger partial charge in [-0.3, -0.25) is 10.3 Å². The highest BCUT2D eigenvalue weighted by molar-refractivity contribution is 7.22. The van der Waals surface area contributed by atoms with Crippen LogP contribution in [0.25, 0.3) is 10.2 Å². The van der Waals surface area contributed by atoms with Gasteiger partial charge < -0.3 is 15.1 Å². The van der Waals surface area contributed by atoms with Crippen LogP contribution in [0.1, 0.15) is 29.7 Å². The Balaban J connectivity index is 1.39. The number of likely N-dealkylation sites (tertiary alicyclic amines) is 1. The lowest BCUT2D eigenvalue weighted by Gasteiger charge is -2.36. The molecule has 1 unspecified atom stereocenters. The van der Waals surface area contributed by atoms with Crippen LogP contribution in [0.3, 0.4) is 0 Å². The van der Waals surface area contributed by atoms with Crippen LogP contribution < -0.4 is 5.32 Å². The van der Waals surface area contributed by atoms with Gasteiger partial charge in [-0.15, -0.1) is 0 Å². The first-order valence-electron chi connectivity index (χ1n) is 10.3. The second-order valence-electron chi connectivity index (χ2n) is 8.06. The van der Waals surface area contributed by atoms with E-state index in [1.54, 1.807) is 19.1 Å². The summed E-state index contributed by atoms with van der Waals surface area (Å²) in [5.74, 6) is -0.365. The summed E-state index contributed by atoms with van der Waals surface area (Å²) in [4.78, 5) is 22.8. The first-order chi connectivity index (χ1) is 15.3. The van der Waals surface area contributed by atoms with Crippen molar-refractivity contribution in [2.75, 3.05) is 25.0 Å². The molecule has 1 aliphatic heterocycles. The lowest BCUT2D eigenvalue weighted by Crippen LogP contribution is -2.45. The smallest absolute Gasteiger partial charge is 0.323 e. The van der Waals surface area contributed by atoms with Gasteiger partial charge in [0.1, 0.15) is 5.82 Å². The molecule has 10 heteroatoms. The third-order valence-electron chi connectivity index (χ3n) is 5.65. The molecule has 0 spiro atoms. The number of pyridine rings is 1. The topological polar surface area (TPSA) is 98.6 Å². The van der Waals surface area contributed by atoms with Crippen LogP contribution in [0.4, 0.5) is 18.7 Å². The van der Waals surface area contributed by atoms with Gasteiger partial charge in [0.2, 0.25) is 0 Å². The maximum atomic E-state index is 15.7. The fourth-order valence-electron chi connectivity index (χ4n) is 3.97. The number of carbonyl (C=O) groups is 1. The number of benzene rings is 1. The van der Waals surface area contributed by atoms with E-state index in [9.17, 15) is 14.3 Å². The zero-order valence-corrected chi connectivity index (χ0v) is 18.3. The van der Waals surface area contributed by atoms with E-state index in [0.717, 1.165) is 5.56 Å². The lowest BCUT2D eigenvalue weighted by atomic mass is 9.87. The highest BCUT2D eigenvalue weighted by Crippen LogP contribution is 2.38. The van der Waals surface area contributed by atoms with Gasteiger partial charge in [0, 0.05) is 38.5 Å². The van der Waals surface area contributed by atoms with Crippen LogP contribution in [-0.4, -0.2) is 56.9 Å². The van der Waals surface area contributed by atoms with E-state index in [-0.39, 0.29) is 50.8 Å². The van der Waals surface area contributed by atoms with Crippen molar-refractivity contribution in [3.8, 4) is 0 Å². The number of aliphatic hydroxyl groups excluding tert-OH is 2. The SMILES string of the molecule is Cc1cc(CC(O)CO)cnc1C1(F)CCN(C(=O)Nc2nc3ccc(F)cc3s2)CC1. The number of fused-ring (bicyclic) bond motifs is 1. The molecule has 0 aliphatic carbocycles. The molecule has 7 nitrogen and oxygen atoms in total. The number of amides is 2. The summed E-state index contributed by atoms with van der Waals surface area (Å²) in [7, 11) is 0. The Bertz CT molecular complexity index is 1130. The molecule has 2 amide bonds. The number of anilines is 1. The van der Waals surface area contributed by atoms with Gasteiger partial charge in [0.05, 0.1) is 28.6 Å². The number of alkyl halides is 1. The van der Waals surface area contributed by atoms with E-state index in [0.29, 0.717) is 26.6 Å². The van der Waals surface area contributed by atoms with E-state index in [2.05, 4.69) is 15.3 Å². The summed E-state index contributed by atoms with van der Waals surface area (Å²) in [6, 6.07) is 5.64. The minimum absolute atomic E-state index is 0.109.